The summed E-state index contributed by atoms with van der Waals surface area (Å²) in [7, 11) is 0. The first-order valence-electron chi connectivity index (χ1n) is 8.55. The summed E-state index contributed by atoms with van der Waals surface area (Å²) in [5, 5.41) is 8.81. The Kier molecular flexibility index (Phi) is 7.53. The average molecular weight is 351 g/mol. The molecule has 0 saturated carbocycles. The van der Waals surface area contributed by atoms with Gasteiger partial charge >= 0.3 is 5.97 Å². The number of benzene rings is 1. The van der Waals surface area contributed by atoms with Gasteiger partial charge in [-0.15, -0.1) is 0 Å². The zero-order valence-electron chi connectivity index (χ0n) is 14.5. The van der Waals surface area contributed by atoms with Gasteiger partial charge in [-0.1, -0.05) is 0 Å². The molecule has 0 bridgehead atoms. The highest BCUT2D eigenvalue weighted by molar-refractivity contribution is 5.76. The highest BCUT2D eigenvalue weighted by atomic mass is 16.5. The zero-order valence-corrected chi connectivity index (χ0v) is 14.5. The van der Waals surface area contributed by atoms with Crippen molar-refractivity contribution >= 4 is 11.9 Å². The van der Waals surface area contributed by atoms with Crippen LogP contribution in [0.15, 0.2) is 24.3 Å². The van der Waals surface area contributed by atoms with E-state index in [1.165, 1.54) is 0 Å². The molecule has 1 aromatic rings. The summed E-state index contributed by atoms with van der Waals surface area (Å²) < 4.78 is 16.4. The number of carboxylic acid groups (broad SMARTS) is 1. The Hall–Kier alpha value is -2.28. The van der Waals surface area contributed by atoms with E-state index < -0.39 is 12.1 Å². The normalized spacial score (nSPS) is 17.2. The fourth-order valence-electron chi connectivity index (χ4n) is 2.63. The summed E-state index contributed by atoms with van der Waals surface area (Å²) in [5.41, 5.74) is 0. The van der Waals surface area contributed by atoms with Crippen molar-refractivity contribution in [1.82, 2.24) is 4.90 Å². The number of nitrogens with zero attached hydrogens (tertiary/aromatic N) is 1. The number of rotatable bonds is 9. The van der Waals surface area contributed by atoms with E-state index in [0.717, 1.165) is 11.5 Å². The number of morpholine rings is 1. The SMILES string of the molecule is CCOc1ccc(OCCCC(=O)N2CCOC(CC(=O)O)C2)cc1. The van der Waals surface area contributed by atoms with Gasteiger partial charge in [0.05, 0.1) is 32.3 Å². The van der Waals surface area contributed by atoms with Gasteiger partial charge in [0.15, 0.2) is 0 Å². The molecule has 7 nitrogen and oxygen atoms in total. The molecule has 1 saturated heterocycles. The third-order valence-electron chi connectivity index (χ3n) is 3.83. The number of aliphatic carboxylic acids is 1. The molecule has 1 aromatic carbocycles. The Bertz CT molecular complexity index is 559. The van der Waals surface area contributed by atoms with E-state index in [4.69, 9.17) is 19.3 Å². The smallest absolute Gasteiger partial charge is 0.306 e. The van der Waals surface area contributed by atoms with Crippen molar-refractivity contribution in [3.8, 4) is 11.5 Å². The summed E-state index contributed by atoms with van der Waals surface area (Å²) >= 11 is 0. The lowest BCUT2D eigenvalue weighted by Crippen LogP contribution is -2.46. The molecular weight excluding hydrogens is 326 g/mol. The minimum atomic E-state index is -0.914. The van der Waals surface area contributed by atoms with Crippen LogP contribution in [0.5, 0.6) is 11.5 Å². The standard InChI is InChI=1S/C18H25NO6/c1-2-23-14-5-7-15(8-6-14)24-10-3-4-17(20)19-9-11-25-16(13-19)12-18(21)22/h5-8,16H,2-4,9-13H2,1H3,(H,21,22). The van der Waals surface area contributed by atoms with Crippen molar-refractivity contribution in [2.45, 2.75) is 32.3 Å². The van der Waals surface area contributed by atoms with Crippen molar-refractivity contribution in [2.24, 2.45) is 0 Å². The first kappa shape index (κ1) is 19.1. The first-order chi connectivity index (χ1) is 12.1. The van der Waals surface area contributed by atoms with Crippen LogP contribution >= 0.6 is 0 Å². The predicted molar refractivity (Wildman–Crippen MR) is 90.9 cm³/mol. The van der Waals surface area contributed by atoms with E-state index in [1.807, 2.05) is 31.2 Å². The number of hydrogen-bond donors (Lipinski definition) is 1. The maximum absolute atomic E-state index is 12.2. The first-order valence-corrected chi connectivity index (χ1v) is 8.55. The molecule has 1 heterocycles. The number of amides is 1. The molecule has 1 N–H and O–H groups in total. The van der Waals surface area contributed by atoms with Crippen LogP contribution in [0, 0.1) is 0 Å². The van der Waals surface area contributed by atoms with Crippen LogP contribution in [0.3, 0.4) is 0 Å². The zero-order chi connectivity index (χ0) is 18.1. The average Bonchev–Trinajstić information content (AvgIpc) is 2.60. The summed E-state index contributed by atoms with van der Waals surface area (Å²) in [4.78, 5) is 24.6. The molecule has 1 aliphatic rings. The van der Waals surface area contributed by atoms with E-state index >= 15 is 0 Å². The van der Waals surface area contributed by atoms with Gasteiger partial charge in [0.2, 0.25) is 5.91 Å². The Morgan fingerprint density at radius 3 is 2.56 bits per heavy atom. The molecule has 1 fully saturated rings. The van der Waals surface area contributed by atoms with Gasteiger partial charge in [0.1, 0.15) is 11.5 Å². The number of carbonyl (C=O) groups is 2. The molecule has 0 aromatic heterocycles. The fraction of sp³-hybridized carbons (Fsp3) is 0.556. The van der Waals surface area contributed by atoms with Crippen LogP contribution in [-0.2, 0) is 14.3 Å². The summed E-state index contributed by atoms with van der Waals surface area (Å²) in [5.74, 6) is 0.633. The summed E-state index contributed by atoms with van der Waals surface area (Å²) in [6.07, 6.45) is 0.476. The second kappa shape index (κ2) is 9.88. The number of carbonyl (C=O) groups excluding carboxylic acids is 1. The topological polar surface area (TPSA) is 85.3 Å². The minimum Gasteiger partial charge on any atom is -0.494 e. The minimum absolute atomic E-state index is 0.00832. The highest BCUT2D eigenvalue weighted by Crippen LogP contribution is 2.18. The Labute approximate surface area is 147 Å². The van der Waals surface area contributed by atoms with Crippen LogP contribution in [0.4, 0.5) is 0 Å². The molecule has 0 aliphatic carbocycles. The molecule has 2 rings (SSSR count). The van der Waals surface area contributed by atoms with E-state index in [-0.39, 0.29) is 12.3 Å². The van der Waals surface area contributed by atoms with Crippen molar-refractivity contribution < 1.29 is 28.9 Å². The van der Waals surface area contributed by atoms with Crippen LogP contribution in [0.25, 0.3) is 0 Å². The Morgan fingerprint density at radius 2 is 1.92 bits per heavy atom. The molecule has 1 atom stereocenters. The van der Waals surface area contributed by atoms with Crippen molar-refractivity contribution in [2.75, 3.05) is 32.9 Å². The second-order valence-corrected chi connectivity index (χ2v) is 5.79. The lowest BCUT2D eigenvalue weighted by Gasteiger charge is -2.32. The van der Waals surface area contributed by atoms with Crippen LogP contribution in [0.1, 0.15) is 26.2 Å². The Morgan fingerprint density at radius 1 is 1.24 bits per heavy atom. The van der Waals surface area contributed by atoms with Gasteiger partial charge in [-0.25, -0.2) is 0 Å². The highest BCUT2D eigenvalue weighted by Gasteiger charge is 2.25. The van der Waals surface area contributed by atoms with Gasteiger partial charge in [0.25, 0.3) is 0 Å². The number of carboxylic acids is 1. The fourth-order valence-corrected chi connectivity index (χ4v) is 2.63. The van der Waals surface area contributed by atoms with Gasteiger partial charge in [-0.2, -0.15) is 0 Å². The molecule has 7 heteroatoms. The van der Waals surface area contributed by atoms with Crippen molar-refractivity contribution in [3.63, 3.8) is 0 Å². The Balaban J connectivity index is 1.67. The maximum Gasteiger partial charge on any atom is 0.306 e. The summed E-state index contributed by atoms with van der Waals surface area (Å²) in [6, 6.07) is 7.37. The molecule has 1 amide bonds. The molecule has 0 radical (unpaired) electrons. The monoisotopic (exact) mass is 351 g/mol. The molecular formula is C18H25NO6. The van der Waals surface area contributed by atoms with E-state index in [2.05, 4.69) is 0 Å². The van der Waals surface area contributed by atoms with Crippen molar-refractivity contribution in [1.29, 1.82) is 0 Å². The van der Waals surface area contributed by atoms with Crippen molar-refractivity contribution in [3.05, 3.63) is 24.3 Å². The number of hydrogen-bond acceptors (Lipinski definition) is 5. The van der Waals surface area contributed by atoms with Gasteiger partial charge in [-0.3, -0.25) is 9.59 Å². The maximum atomic E-state index is 12.2. The van der Waals surface area contributed by atoms with Gasteiger partial charge in [-0.05, 0) is 37.6 Å². The quantitative estimate of drug-likeness (QED) is 0.685. The number of ether oxygens (including phenoxy) is 3. The van der Waals surface area contributed by atoms with Crippen LogP contribution in [0.2, 0.25) is 0 Å². The molecule has 1 unspecified atom stereocenters. The van der Waals surface area contributed by atoms with Gasteiger partial charge in [0, 0.05) is 19.5 Å². The molecule has 138 valence electrons. The summed E-state index contributed by atoms with van der Waals surface area (Å²) in [6.45, 7) is 4.23. The van der Waals surface area contributed by atoms with Gasteiger partial charge < -0.3 is 24.2 Å². The van der Waals surface area contributed by atoms with E-state index in [9.17, 15) is 9.59 Å². The molecule has 0 spiro atoms. The third kappa shape index (κ3) is 6.62. The van der Waals surface area contributed by atoms with Crippen LogP contribution < -0.4 is 9.47 Å². The third-order valence-corrected chi connectivity index (χ3v) is 3.83. The largest absolute Gasteiger partial charge is 0.494 e. The van der Waals surface area contributed by atoms with E-state index in [0.29, 0.717) is 45.8 Å². The lowest BCUT2D eigenvalue weighted by molar-refractivity contribution is -0.147. The molecule has 1 aliphatic heterocycles. The molecule has 25 heavy (non-hydrogen) atoms. The van der Waals surface area contributed by atoms with E-state index in [1.54, 1.807) is 4.90 Å². The second-order valence-electron chi connectivity index (χ2n) is 5.79. The lowest BCUT2D eigenvalue weighted by atomic mass is 10.2. The predicted octanol–water partition coefficient (Wildman–Crippen LogP) is 1.95. The van der Waals surface area contributed by atoms with Crippen LogP contribution in [-0.4, -0.2) is 60.9 Å².